The highest BCUT2D eigenvalue weighted by molar-refractivity contribution is 6.03. The average molecular weight is 637 g/mol. The van der Waals surface area contributed by atoms with E-state index in [1.165, 1.54) is 5.69 Å². The van der Waals surface area contributed by atoms with Gasteiger partial charge in [-0.25, -0.2) is 14.4 Å². The van der Waals surface area contributed by atoms with Crippen molar-refractivity contribution in [3.8, 4) is 11.8 Å². The Morgan fingerprint density at radius 2 is 1.93 bits per heavy atom. The summed E-state index contributed by atoms with van der Waals surface area (Å²) in [7, 11) is 0. The average Bonchev–Trinajstić information content (AvgIpc) is 3.06. The topological polar surface area (TPSA) is 161 Å². The molecule has 0 aromatic heterocycles. The predicted molar refractivity (Wildman–Crippen MR) is 180 cm³/mol. The van der Waals surface area contributed by atoms with Gasteiger partial charge in [0.25, 0.3) is 0 Å². The summed E-state index contributed by atoms with van der Waals surface area (Å²) < 4.78 is 25.8. The fourth-order valence-electron chi connectivity index (χ4n) is 5.08. The molecule has 248 valence electrons. The molecule has 0 unspecified atom stereocenters. The second-order valence-electron chi connectivity index (χ2n) is 10.6. The molecule has 2 aliphatic rings. The van der Waals surface area contributed by atoms with E-state index in [-0.39, 0.29) is 24.5 Å². The van der Waals surface area contributed by atoms with Crippen molar-refractivity contribution in [2.45, 2.75) is 31.7 Å². The molecule has 0 aliphatic carbocycles. The van der Waals surface area contributed by atoms with Crippen LogP contribution in [0.2, 0.25) is 0 Å². The van der Waals surface area contributed by atoms with Crippen LogP contribution in [0.4, 0.5) is 15.8 Å². The quantitative estimate of drug-likeness (QED) is 0.130. The maximum Gasteiger partial charge on any atom is 0.161 e. The summed E-state index contributed by atoms with van der Waals surface area (Å²) in [4.78, 5) is 21.9. The summed E-state index contributed by atoms with van der Waals surface area (Å²) in [6.45, 7) is 14.2. The van der Waals surface area contributed by atoms with Crippen LogP contribution in [0.25, 0.3) is 0 Å². The van der Waals surface area contributed by atoms with Gasteiger partial charge in [-0.1, -0.05) is 6.58 Å². The van der Waals surface area contributed by atoms with Crippen LogP contribution in [-0.2, 0) is 9.53 Å². The third-order valence-corrected chi connectivity index (χ3v) is 7.62. The number of nitrogens with two attached hydrogens (primary N) is 1. The molecule has 2 aromatic rings. The van der Waals surface area contributed by atoms with Crippen molar-refractivity contribution in [1.82, 2.24) is 10.2 Å². The van der Waals surface area contributed by atoms with E-state index >= 15 is 0 Å². The molecule has 2 saturated heterocycles. The molecule has 2 atom stereocenters. The Hall–Kier alpha value is -4.19. The van der Waals surface area contributed by atoms with E-state index in [1.807, 2.05) is 18.9 Å². The second-order valence-corrected chi connectivity index (χ2v) is 10.6. The van der Waals surface area contributed by atoms with Crippen LogP contribution >= 0.6 is 0 Å². The molecule has 0 bridgehead atoms. The fraction of sp³-hybridized carbons (Fsp3) is 0.455. The summed E-state index contributed by atoms with van der Waals surface area (Å²) >= 11 is 0. The zero-order valence-corrected chi connectivity index (χ0v) is 26.4. The number of carbonyl (C=O) groups excluding carboxylic acids is 1. The van der Waals surface area contributed by atoms with Gasteiger partial charge in [0.05, 0.1) is 31.4 Å². The lowest BCUT2D eigenvalue weighted by atomic mass is 10.1. The molecule has 5 N–H and O–H groups in total. The maximum absolute atomic E-state index is 14.6. The highest BCUT2D eigenvalue weighted by Crippen LogP contribution is 2.25. The van der Waals surface area contributed by atoms with E-state index < -0.39 is 12.3 Å². The van der Waals surface area contributed by atoms with Crippen LogP contribution in [-0.4, -0.2) is 113 Å². The number of aliphatic hydroxyl groups excluding tert-OH is 1. The number of halogens is 1. The lowest BCUT2D eigenvalue weighted by Gasteiger charge is -2.43. The predicted octanol–water partition coefficient (Wildman–Crippen LogP) is 2.33. The van der Waals surface area contributed by atoms with Gasteiger partial charge in [0.15, 0.2) is 5.84 Å². The molecule has 12 nitrogen and oxygen atoms in total. The minimum atomic E-state index is -1.42. The van der Waals surface area contributed by atoms with E-state index in [2.05, 4.69) is 55.2 Å². The molecular formula is C33H45FN8O4. The maximum atomic E-state index is 14.6. The van der Waals surface area contributed by atoms with Gasteiger partial charge in [-0.2, -0.15) is 5.26 Å². The number of nitrogens with one attached hydrogen (secondary N) is 2. The van der Waals surface area contributed by atoms with Crippen molar-refractivity contribution >= 4 is 30.2 Å². The van der Waals surface area contributed by atoms with Crippen LogP contribution in [0.3, 0.4) is 0 Å². The molecule has 2 aromatic carbocycles. The van der Waals surface area contributed by atoms with E-state index in [4.69, 9.17) is 25.1 Å². The first kappa shape index (κ1) is 36.3. The van der Waals surface area contributed by atoms with Crippen LogP contribution in [0.15, 0.2) is 64.8 Å². The number of carbonyl (C=O) groups is 1. The molecule has 13 heteroatoms. The molecule has 2 fully saturated rings. The van der Waals surface area contributed by atoms with Crippen LogP contribution in [0.1, 0.15) is 24.5 Å². The lowest BCUT2D eigenvalue weighted by molar-refractivity contribution is -0.0980. The lowest BCUT2D eigenvalue weighted by Crippen LogP contribution is -2.56. The largest absolute Gasteiger partial charge is 0.486 e. The Balaban J connectivity index is 0.00000282. The number of nitriles is 1. The number of hydrogen-bond donors (Lipinski definition) is 4. The monoisotopic (exact) mass is 636 g/mol. The van der Waals surface area contributed by atoms with Gasteiger partial charge in [0.1, 0.15) is 36.7 Å². The number of alkyl halides is 1. The third-order valence-electron chi connectivity index (χ3n) is 7.62. The van der Waals surface area contributed by atoms with Crippen molar-refractivity contribution in [1.29, 1.82) is 5.26 Å². The van der Waals surface area contributed by atoms with Crippen molar-refractivity contribution in [2.75, 3.05) is 75.9 Å². The summed E-state index contributed by atoms with van der Waals surface area (Å²) in [6, 6.07) is 15.8. The first-order chi connectivity index (χ1) is 22.4. The van der Waals surface area contributed by atoms with Crippen LogP contribution < -0.4 is 26.0 Å². The first-order valence-corrected chi connectivity index (χ1v) is 15.3. The Bertz CT molecular complexity index is 1340. The van der Waals surface area contributed by atoms with E-state index in [0.717, 1.165) is 45.1 Å². The molecular weight excluding hydrogens is 591 g/mol. The number of rotatable bonds is 15. The zero-order valence-electron chi connectivity index (χ0n) is 26.4. The number of hydrogen-bond acceptors (Lipinski definition) is 11. The molecule has 0 saturated carbocycles. The molecule has 4 rings (SSSR count). The number of anilines is 2. The smallest absolute Gasteiger partial charge is 0.161 e. The SMILES string of the molecule is C=C(/N=C(\N=CC)c1ccc(O[C@@H](CCNCCO)[C@H](F)CN)c(C#N)c1)Nc1ccc(N2CCN(C3COC3)CC2)cc1.C=O. The Morgan fingerprint density at radius 3 is 2.52 bits per heavy atom. The molecule has 2 heterocycles. The fourth-order valence-corrected chi connectivity index (χ4v) is 5.08. The minimum absolute atomic E-state index is 0.0189. The number of benzene rings is 2. The summed E-state index contributed by atoms with van der Waals surface area (Å²) in [5, 5.41) is 25.0. The van der Waals surface area contributed by atoms with Gasteiger partial charge < -0.3 is 40.6 Å². The van der Waals surface area contributed by atoms with E-state index in [9.17, 15) is 9.65 Å². The molecule has 2 aliphatic heterocycles. The highest BCUT2D eigenvalue weighted by atomic mass is 19.1. The van der Waals surface area contributed by atoms with E-state index in [0.29, 0.717) is 42.8 Å². The number of amidine groups is 1. The normalized spacial score (nSPS) is 16.9. The summed E-state index contributed by atoms with van der Waals surface area (Å²) in [6.07, 6.45) is -0.343. The highest BCUT2D eigenvalue weighted by Gasteiger charge is 2.29. The number of ether oxygens (including phenoxy) is 2. The van der Waals surface area contributed by atoms with Gasteiger partial charge in [0.2, 0.25) is 0 Å². The van der Waals surface area contributed by atoms with Crippen molar-refractivity contribution in [3.05, 3.63) is 66.0 Å². The number of aliphatic imine (C=N–C) groups is 2. The number of nitrogens with zero attached hydrogens (tertiary/aromatic N) is 5. The first-order valence-electron chi connectivity index (χ1n) is 15.3. The Kier molecular flexibility index (Phi) is 15.3. The second kappa shape index (κ2) is 19.4. The molecule has 46 heavy (non-hydrogen) atoms. The van der Waals surface area contributed by atoms with Gasteiger partial charge in [0, 0.05) is 62.4 Å². The van der Waals surface area contributed by atoms with Gasteiger partial charge in [-0.15, -0.1) is 0 Å². The molecule has 0 radical (unpaired) electrons. The summed E-state index contributed by atoms with van der Waals surface area (Å²) in [5.74, 6) is 0.983. The molecule has 0 amide bonds. The van der Waals surface area contributed by atoms with Crippen LogP contribution in [0.5, 0.6) is 5.75 Å². The van der Waals surface area contributed by atoms with Crippen molar-refractivity contribution in [2.24, 2.45) is 15.7 Å². The van der Waals surface area contributed by atoms with Crippen LogP contribution in [0, 0.1) is 11.3 Å². The number of piperazine rings is 1. The van der Waals surface area contributed by atoms with E-state index in [1.54, 1.807) is 31.3 Å². The number of aliphatic hydroxyl groups is 1. The van der Waals surface area contributed by atoms with Gasteiger partial charge in [-0.05, 0) is 62.4 Å². The minimum Gasteiger partial charge on any atom is -0.486 e. The Morgan fingerprint density at radius 1 is 1.22 bits per heavy atom. The third kappa shape index (κ3) is 10.4. The van der Waals surface area contributed by atoms with Crippen molar-refractivity contribution < 1.29 is 23.8 Å². The summed E-state index contributed by atoms with van der Waals surface area (Å²) in [5.41, 5.74) is 8.36. The van der Waals surface area contributed by atoms with Gasteiger partial charge in [-0.3, -0.25) is 4.90 Å². The van der Waals surface area contributed by atoms with Gasteiger partial charge >= 0.3 is 0 Å². The zero-order chi connectivity index (χ0) is 33.3. The molecule has 0 spiro atoms. The van der Waals surface area contributed by atoms with Crippen molar-refractivity contribution in [3.63, 3.8) is 0 Å². The standard InChI is InChI=1S/C32H43FN8O3.CH2O/c1-3-37-32(24-4-9-30(25(18-24)19-34)44-31(29(33)20-35)10-11-36-12-17-42)39-23(2)38-26-5-7-27(8-6-26)40-13-15-41(16-14-40)28-21-43-22-28;1-2/h3-9,18,28-29,31,36,38,42H,2,10-17,20-22,35H2,1H3;1H2/b37-3?,39-32-;/t29-,31+;/m1./s1. The Labute approximate surface area is 270 Å².